The van der Waals surface area contributed by atoms with Crippen molar-refractivity contribution in [2.45, 2.75) is 0 Å². The van der Waals surface area contributed by atoms with Crippen LogP contribution in [-0.2, 0) is 9.53 Å². The van der Waals surface area contributed by atoms with Gasteiger partial charge < -0.3 is 18.9 Å². The summed E-state index contributed by atoms with van der Waals surface area (Å²) in [6.07, 6.45) is 1.67. The molecule has 25 heavy (non-hydrogen) atoms. The highest BCUT2D eigenvalue weighted by atomic mass is 16.6. The summed E-state index contributed by atoms with van der Waals surface area (Å²) in [6, 6.07) is 12.8. The molecule has 6 heteroatoms. The minimum Gasteiger partial charge on any atom is -0.493 e. The molecule has 0 aromatic heterocycles. The summed E-state index contributed by atoms with van der Waals surface area (Å²) in [7, 11) is 4.56. The first-order valence-electron chi connectivity index (χ1n) is 7.54. The number of methoxy groups -OCH3 is 3. The molecule has 128 valence electrons. The van der Waals surface area contributed by atoms with Gasteiger partial charge in [0.25, 0.3) is 0 Å². The maximum atomic E-state index is 12.1. The van der Waals surface area contributed by atoms with Crippen molar-refractivity contribution < 1.29 is 23.7 Å². The van der Waals surface area contributed by atoms with Gasteiger partial charge in [0.15, 0.2) is 17.2 Å². The summed E-state index contributed by atoms with van der Waals surface area (Å²) in [6.45, 7) is 0. The fraction of sp³-hybridized carbons (Fsp3) is 0.158. The molecule has 1 aliphatic rings. The number of cyclic esters (lactones) is 1. The lowest BCUT2D eigenvalue weighted by atomic mass is 10.1. The van der Waals surface area contributed by atoms with E-state index in [-0.39, 0.29) is 11.6 Å². The molecule has 0 bridgehead atoms. The number of ether oxygens (including phenoxy) is 4. The van der Waals surface area contributed by atoms with Crippen molar-refractivity contribution in [3.8, 4) is 17.2 Å². The van der Waals surface area contributed by atoms with Gasteiger partial charge in [-0.2, -0.15) is 0 Å². The second-order valence-corrected chi connectivity index (χ2v) is 5.16. The number of nitrogens with zero attached hydrogens (tertiary/aromatic N) is 1. The third-order valence-electron chi connectivity index (χ3n) is 3.64. The standard InChI is InChI=1S/C19H17NO5/c1-22-15-10-13(11-16(23-2)17(15)24-3)18-20-14(19(21)25-18)9-12-7-5-4-6-8-12/h4-11H,1-3H3/b14-9-. The Morgan fingerprint density at radius 2 is 1.60 bits per heavy atom. The van der Waals surface area contributed by atoms with Gasteiger partial charge in [-0.1, -0.05) is 30.3 Å². The summed E-state index contributed by atoms with van der Waals surface area (Å²) >= 11 is 0. The lowest BCUT2D eigenvalue weighted by molar-refractivity contribution is -0.129. The van der Waals surface area contributed by atoms with Crippen LogP contribution in [0.5, 0.6) is 17.2 Å². The summed E-state index contributed by atoms with van der Waals surface area (Å²) in [5.41, 5.74) is 1.65. The summed E-state index contributed by atoms with van der Waals surface area (Å²) in [4.78, 5) is 16.4. The summed E-state index contributed by atoms with van der Waals surface area (Å²) < 4.78 is 21.2. The van der Waals surface area contributed by atoms with Crippen molar-refractivity contribution in [1.29, 1.82) is 0 Å². The first kappa shape index (κ1) is 16.6. The predicted molar refractivity (Wildman–Crippen MR) is 93.1 cm³/mol. The van der Waals surface area contributed by atoms with E-state index in [1.807, 2.05) is 30.3 Å². The Balaban J connectivity index is 2.01. The molecule has 0 N–H and O–H groups in total. The minimum atomic E-state index is -0.507. The van der Waals surface area contributed by atoms with E-state index in [9.17, 15) is 4.79 Å². The number of rotatable bonds is 5. The largest absolute Gasteiger partial charge is 0.493 e. The van der Waals surface area contributed by atoms with Gasteiger partial charge in [0.1, 0.15) is 0 Å². The van der Waals surface area contributed by atoms with Crippen molar-refractivity contribution in [3.05, 3.63) is 59.3 Å². The summed E-state index contributed by atoms with van der Waals surface area (Å²) in [5, 5.41) is 0. The third kappa shape index (κ3) is 3.33. The average Bonchev–Trinajstić information content (AvgIpc) is 3.01. The van der Waals surface area contributed by atoms with Crippen LogP contribution in [-0.4, -0.2) is 33.2 Å². The second kappa shape index (κ2) is 7.09. The van der Waals surface area contributed by atoms with Crippen molar-refractivity contribution in [1.82, 2.24) is 0 Å². The van der Waals surface area contributed by atoms with Gasteiger partial charge in [0.05, 0.1) is 21.3 Å². The van der Waals surface area contributed by atoms with Crippen LogP contribution >= 0.6 is 0 Å². The number of benzene rings is 2. The number of hydrogen-bond acceptors (Lipinski definition) is 6. The first-order chi connectivity index (χ1) is 12.2. The highest BCUT2D eigenvalue weighted by molar-refractivity contribution is 6.13. The Labute approximate surface area is 145 Å². The molecular formula is C19H17NO5. The molecule has 2 aromatic rings. The van der Waals surface area contributed by atoms with Gasteiger partial charge in [-0.05, 0) is 23.8 Å². The van der Waals surface area contributed by atoms with E-state index < -0.39 is 5.97 Å². The van der Waals surface area contributed by atoms with E-state index in [0.717, 1.165) is 5.56 Å². The van der Waals surface area contributed by atoms with Crippen molar-refractivity contribution in [3.63, 3.8) is 0 Å². The molecule has 2 aromatic carbocycles. The molecule has 0 amide bonds. The van der Waals surface area contributed by atoms with Crippen LogP contribution in [0.25, 0.3) is 6.08 Å². The lowest BCUT2D eigenvalue weighted by Crippen LogP contribution is -2.06. The van der Waals surface area contributed by atoms with Gasteiger partial charge in [-0.25, -0.2) is 9.79 Å². The average molecular weight is 339 g/mol. The van der Waals surface area contributed by atoms with E-state index in [1.165, 1.54) is 21.3 Å². The normalized spacial score (nSPS) is 14.9. The molecule has 0 radical (unpaired) electrons. The van der Waals surface area contributed by atoms with Gasteiger partial charge in [0.2, 0.25) is 11.6 Å². The van der Waals surface area contributed by atoms with Gasteiger partial charge >= 0.3 is 5.97 Å². The Kier molecular flexibility index (Phi) is 4.70. The Bertz CT molecular complexity index is 830. The van der Waals surface area contributed by atoms with Crippen LogP contribution in [0.2, 0.25) is 0 Å². The maximum absolute atomic E-state index is 12.1. The molecule has 1 heterocycles. The van der Waals surface area contributed by atoms with Gasteiger partial charge in [-0.3, -0.25) is 0 Å². The zero-order chi connectivity index (χ0) is 17.8. The molecule has 0 atom stereocenters. The molecule has 0 spiro atoms. The topological polar surface area (TPSA) is 66.4 Å². The molecule has 0 fully saturated rings. The summed E-state index contributed by atoms with van der Waals surface area (Å²) in [5.74, 6) is 1.05. The van der Waals surface area contributed by atoms with Gasteiger partial charge in [-0.15, -0.1) is 0 Å². The SMILES string of the molecule is COc1cc(C2=N/C(=C\c3ccccc3)C(=O)O2)cc(OC)c1OC. The number of esters is 1. The number of carbonyl (C=O) groups is 1. The zero-order valence-electron chi connectivity index (χ0n) is 14.1. The Hall–Kier alpha value is -3.28. The third-order valence-corrected chi connectivity index (χ3v) is 3.64. The van der Waals surface area contributed by atoms with Crippen LogP contribution in [0.3, 0.4) is 0 Å². The monoisotopic (exact) mass is 339 g/mol. The highest BCUT2D eigenvalue weighted by Crippen LogP contribution is 2.39. The Morgan fingerprint density at radius 1 is 0.960 bits per heavy atom. The van der Waals surface area contributed by atoms with E-state index in [0.29, 0.717) is 22.8 Å². The number of carbonyl (C=O) groups excluding carboxylic acids is 1. The minimum absolute atomic E-state index is 0.187. The first-order valence-corrected chi connectivity index (χ1v) is 7.54. The van der Waals surface area contributed by atoms with E-state index in [1.54, 1.807) is 18.2 Å². The second-order valence-electron chi connectivity index (χ2n) is 5.16. The smallest absolute Gasteiger partial charge is 0.363 e. The molecule has 0 saturated carbocycles. The van der Waals surface area contributed by atoms with Gasteiger partial charge in [0, 0.05) is 5.56 Å². The van der Waals surface area contributed by atoms with Crippen molar-refractivity contribution in [2.75, 3.05) is 21.3 Å². The van der Waals surface area contributed by atoms with Crippen LogP contribution < -0.4 is 14.2 Å². The molecule has 1 aliphatic heterocycles. The zero-order valence-corrected chi connectivity index (χ0v) is 14.1. The van der Waals surface area contributed by atoms with Crippen LogP contribution in [0.15, 0.2) is 53.2 Å². The number of aliphatic imine (C=N–C) groups is 1. The molecule has 3 rings (SSSR count). The molecule has 6 nitrogen and oxygen atoms in total. The van der Waals surface area contributed by atoms with Crippen LogP contribution in [0.1, 0.15) is 11.1 Å². The number of hydrogen-bond donors (Lipinski definition) is 0. The van der Waals surface area contributed by atoms with Crippen molar-refractivity contribution >= 4 is 17.9 Å². The van der Waals surface area contributed by atoms with E-state index in [4.69, 9.17) is 18.9 Å². The Morgan fingerprint density at radius 3 is 2.16 bits per heavy atom. The predicted octanol–water partition coefficient (Wildman–Crippen LogP) is 3.06. The fourth-order valence-electron chi connectivity index (χ4n) is 2.44. The van der Waals surface area contributed by atoms with E-state index >= 15 is 0 Å². The molecular weight excluding hydrogens is 322 g/mol. The molecule has 0 unspecified atom stereocenters. The fourth-order valence-corrected chi connectivity index (χ4v) is 2.44. The highest BCUT2D eigenvalue weighted by Gasteiger charge is 2.26. The quantitative estimate of drug-likeness (QED) is 0.619. The van der Waals surface area contributed by atoms with Crippen LogP contribution in [0, 0.1) is 0 Å². The van der Waals surface area contributed by atoms with Crippen LogP contribution in [0.4, 0.5) is 0 Å². The van der Waals surface area contributed by atoms with E-state index in [2.05, 4.69) is 4.99 Å². The van der Waals surface area contributed by atoms with Crippen molar-refractivity contribution in [2.24, 2.45) is 4.99 Å². The molecule has 0 aliphatic carbocycles. The lowest BCUT2D eigenvalue weighted by Gasteiger charge is -2.13. The maximum Gasteiger partial charge on any atom is 0.363 e. The molecule has 0 saturated heterocycles.